The predicted molar refractivity (Wildman–Crippen MR) is 39.5 cm³/mol. The molecule has 9 heavy (non-hydrogen) atoms. The third-order valence-corrected chi connectivity index (χ3v) is 0.927. The van der Waals surface area contributed by atoms with Crippen LogP contribution in [0.2, 0.25) is 0 Å². The first-order valence-corrected chi connectivity index (χ1v) is 2.85. The molecule has 0 aliphatic carbocycles. The second kappa shape index (κ2) is 16.0. The summed E-state index contributed by atoms with van der Waals surface area (Å²) in [5.41, 5.74) is 0. The van der Waals surface area contributed by atoms with Gasteiger partial charge in [0.25, 0.3) is 0 Å². The van der Waals surface area contributed by atoms with Crippen LogP contribution in [0.4, 0.5) is 0 Å². The summed E-state index contributed by atoms with van der Waals surface area (Å²) in [6, 6.07) is 0. The van der Waals surface area contributed by atoms with Gasteiger partial charge in [0, 0.05) is 0 Å². The molecule has 0 rings (SSSR count). The van der Waals surface area contributed by atoms with Crippen LogP contribution in [0.3, 0.4) is 0 Å². The normalized spacial score (nSPS) is 7.33. The van der Waals surface area contributed by atoms with E-state index < -0.39 is 0 Å². The quantitative estimate of drug-likeness (QED) is 0.599. The summed E-state index contributed by atoms with van der Waals surface area (Å²) >= 11 is 0. The first kappa shape index (κ1) is 16.5. The van der Waals surface area contributed by atoms with Crippen molar-refractivity contribution in [1.29, 1.82) is 0 Å². The molecule has 0 aromatic heterocycles. The van der Waals surface area contributed by atoms with E-state index >= 15 is 0 Å². The molecule has 1 nitrogen and oxygen atoms in total. The van der Waals surface area contributed by atoms with E-state index in [-0.39, 0.29) is 38.5 Å². The molecule has 0 fully saturated rings. The first-order valence-electron chi connectivity index (χ1n) is 2.85. The van der Waals surface area contributed by atoms with Gasteiger partial charge in [-0.25, -0.2) is 0 Å². The van der Waals surface area contributed by atoms with Gasteiger partial charge in [-0.1, -0.05) is 6.42 Å². The summed E-state index contributed by atoms with van der Waals surface area (Å²) in [6.45, 7) is 4.86. The predicted octanol–water partition coefficient (Wildman–Crippen LogP) is 1.66. The molecule has 0 saturated carbocycles. The molecular weight excluding hydrogens is 336 g/mol. The molecule has 54 valence electrons. The molecule has 0 radical (unpaired) electrons. The molecule has 0 heterocycles. The summed E-state index contributed by atoms with van der Waals surface area (Å²) in [5.74, 6) is 0. The standard InChI is InChI=1S/C6H14N.CH3.U/c1-3-4-5-6-7-2;;/h7H,1,3-6H2,2H3;1H3;/q2*-1;+2. The topological polar surface area (TPSA) is 12.0 Å². The minimum Gasteiger partial charge on any atom is -0.358 e. The molecule has 0 aliphatic heterocycles. The second-order valence-corrected chi connectivity index (χ2v) is 1.66. The van der Waals surface area contributed by atoms with Crippen molar-refractivity contribution in [2.45, 2.75) is 19.3 Å². The van der Waals surface area contributed by atoms with Crippen molar-refractivity contribution < 1.29 is 31.1 Å². The zero-order valence-electron chi connectivity index (χ0n) is 6.54. The Morgan fingerprint density at radius 3 is 2.22 bits per heavy atom. The maximum Gasteiger partial charge on any atom is 2.00 e. The Morgan fingerprint density at radius 2 is 1.89 bits per heavy atom. The van der Waals surface area contributed by atoms with Gasteiger partial charge in [0.1, 0.15) is 0 Å². The van der Waals surface area contributed by atoms with Crippen molar-refractivity contribution in [3.05, 3.63) is 14.4 Å². The fourth-order valence-electron chi connectivity index (χ4n) is 0.479. The van der Waals surface area contributed by atoms with E-state index in [1.807, 2.05) is 7.05 Å². The smallest absolute Gasteiger partial charge is 0.358 e. The Labute approximate surface area is 83.4 Å². The van der Waals surface area contributed by atoms with Crippen molar-refractivity contribution in [2.24, 2.45) is 0 Å². The van der Waals surface area contributed by atoms with Crippen LogP contribution in [-0.4, -0.2) is 13.6 Å². The van der Waals surface area contributed by atoms with Gasteiger partial charge in [-0.15, -0.1) is 0 Å². The number of hydrogen-bond acceptors (Lipinski definition) is 1. The van der Waals surface area contributed by atoms with Gasteiger partial charge in [0.15, 0.2) is 0 Å². The number of unbranched alkanes of at least 4 members (excludes halogenated alkanes) is 2. The minimum atomic E-state index is 0. The summed E-state index contributed by atoms with van der Waals surface area (Å²) in [6.07, 6.45) is 3.59. The zero-order valence-corrected chi connectivity index (χ0v) is 10.7. The van der Waals surface area contributed by atoms with Crippen LogP contribution in [0.1, 0.15) is 19.3 Å². The van der Waals surface area contributed by atoms with Gasteiger partial charge in [0.2, 0.25) is 0 Å². The zero-order chi connectivity index (χ0) is 5.54. The van der Waals surface area contributed by atoms with Gasteiger partial charge in [-0.3, -0.25) is 0 Å². The molecule has 1 N–H and O–H groups in total. The number of rotatable bonds is 4. The maximum atomic E-state index is 3.73. The molecule has 0 aromatic rings. The maximum absolute atomic E-state index is 3.73. The SMILES string of the molecule is [CH2-]CCCCNC.[CH3-].[U+2]. The third kappa shape index (κ3) is 17.6. The Bertz CT molecular complexity index is 28.1. The molecule has 0 amide bonds. The van der Waals surface area contributed by atoms with Gasteiger partial charge < -0.3 is 19.7 Å². The average molecular weight is 353 g/mol. The number of hydrogen-bond donors (Lipinski definition) is 1. The summed E-state index contributed by atoms with van der Waals surface area (Å²) in [4.78, 5) is 0. The monoisotopic (exact) mass is 353 g/mol. The van der Waals surface area contributed by atoms with Crippen molar-refractivity contribution in [3.63, 3.8) is 0 Å². The molecule has 0 saturated heterocycles. The molecule has 0 unspecified atom stereocenters. The molecular formula is C7H17NU. The van der Waals surface area contributed by atoms with E-state index in [0.29, 0.717) is 0 Å². The van der Waals surface area contributed by atoms with Gasteiger partial charge in [-0.2, -0.15) is 6.42 Å². The van der Waals surface area contributed by atoms with Crippen molar-refractivity contribution in [2.75, 3.05) is 13.6 Å². The summed E-state index contributed by atoms with van der Waals surface area (Å²) in [5, 5.41) is 3.07. The first-order chi connectivity index (χ1) is 3.41. The van der Waals surface area contributed by atoms with Crippen LogP contribution in [-0.2, 0) is 0 Å². The number of nitrogens with one attached hydrogen (secondary N) is 1. The summed E-state index contributed by atoms with van der Waals surface area (Å²) < 4.78 is 0. The Kier molecular flexibility index (Phi) is 29.4. The van der Waals surface area contributed by atoms with Gasteiger partial charge in [0.05, 0.1) is 0 Å². The van der Waals surface area contributed by atoms with Crippen LogP contribution in [0.15, 0.2) is 0 Å². The van der Waals surface area contributed by atoms with E-state index in [1.54, 1.807) is 0 Å². The van der Waals surface area contributed by atoms with E-state index in [1.165, 1.54) is 12.8 Å². The van der Waals surface area contributed by atoms with E-state index in [0.717, 1.165) is 13.0 Å². The van der Waals surface area contributed by atoms with Crippen molar-refractivity contribution >= 4 is 0 Å². The average Bonchev–Trinajstić information content (AvgIpc) is 1.69. The van der Waals surface area contributed by atoms with Crippen LogP contribution in [0.5, 0.6) is 0 Å². The Morgan fingerprint density at radius 1 is 1.33 bits per heavy atom. The second-order valence-electron chi connectivity index (χ2n) is 1.66. The van der Waals surface area contributed by atoms with Gasteiger partial charge in [-0.05, 0) is 20.0 Å². The molecule has 0 atom stereocenters. The van der Waals surface area contributed by atoms with Crippen molar-refractivity contribution in [3.8, 4) is 0 Å². The third-order valence-electron chi connectivity index (χ3n) is 0.927. The van der Waals surface area contributed by atoms with E-state index in [9.17, 15) is 0 Å². The van der Waals surface area contributed by atoms with Gasteiger partial charge >= 0.3 is 31.1 Å². The fraction of sp³-hybridized carbons (Fsp3) is 0.714. The Balaban J connectivity index is -0.000000180. The van der Waals surface area contributed by atoms with Crippen molar-refractivity contribution in [1.82, 2.24) is 5.32 Å². The molecule has 0 aromatic carbocycles. The largest absolute Gasteiger partial charge is 2.00 e. The molecule has 0 bridgehead atoms. The van der Waals surface area contributed by atoms with Crippen LogP contribution >= 0.6 is 0 Å². The van der Waals surface area contributed by atoms with Crippen LogP contribution < -0.4 is 5.32 Å². The fourth-order valence-corrected chi connectivity index (χ4v) is 0.479. The van der Waals surface area contributed by atoms with Crippen LogP contribution in [0.25, 0.3) is 0 Å². The summed E-state index contributed by atoms with van der Waals surface area (Å²) in [7, 11) is 1.98. The molecule has 0 spiro atoms. The van der Waals surface area contributed by atoms with Crippen LogP contribution in [0, 0.1) is 45.5 Å². The minimum absolute atomic E-state index is 0. The molecule has 0 aliphatic rings. The van der Waals surface area contributed by atoms with E-state index in [2.05, 4.69) is 12.2 Å². The van der Waals surface area contributed by atoms with E-state index in [4.69, 9.17) is 0 Å². The Hall–Kier alpha value is 1.01. The molecule has 2 heteroatoms.